The molecule has 0 fully saturated rings. The van der Waals surface area contributed by atoms with E-state index >= 15 is 0 Å². The zero-order valence-corrected chi connectivity index (χ0v) is 15.3. The zero-order chi connectivity index (χ0) is 18.1. The number of aryl methyl sites for hydroxylation is 2. The highest BCUT2D eigenvalue weighted by Crippen LogP contribution is 2.32. The lowest BCUT2D eigenvalue weighted by molar-refractivity contribution is 0.0949. The van der Waals surface area contributed by atoms with Gasteiger partial charge >= 0.3 is 0 Å². The van der Waals surface area contributed by atoms with E-state index in [0.29, 0.717) is 17.4 Å². The molecular formula is C20H17N3O2S. The largest absolute Gasteiger partial charge is 0.351 e. The molecule has 130 valence electrons. The van der Waals surface area contributed by atoms with Crippen LogP contribution in [0.1, 0.15) is 27.4 Å². The highest BCUT2D eigenvalue weighted by molar-refractivity contribution is 7.22. The van der Waals surface area contributed by atoms with Crippen molar-refractivity contribution in [1.29, 1.82) is 0 Å². The summed E-state index contributed by atoms with van der Waals surface area (Å²) in [6, 6.07) is 17.5. The normalized spacial score (nSPS) is 11.0. The summed E-state index contributed by atoms with van der Waals surface area (Å²) in [7, 11) is 0. The smallest absolute Gasteiger partial charge is 0.298 e. The Morgan fingerprint density at radius 1 is 1.12 bits per heavy atom. The van der Waals surface area contributed by atoms with Crippen LogP contribution in [0.3, 0.4) is 0 Å². The van der Waals surface area contributed by atoms with Crippen molar-refractivity contribution in [2.45, 2.75) is 20.4 Å². The first kappa shape index (κ1) is 16.5. The van der Waals surface area contributed by atoms with E-state index in [9.17, 15) is 4.79 Å². The lowest BCUT2D eigenvalue weighted by Gasteiger charge is -2.18. The van der Waals surface area contributed by atoms with Gasteiger partial charge in [0.25, 0.3) is 5.91 Å². The number of carbonyl (C=O) groups is 1. The van der Waals surface area contributed by atoms with Crippen LogP contribution in [0.4, 0.5) is 5.13 Å². The third kappa shape index (κ3) is 3.11. The predicted octanol–water partition coefficient (Wildman–Crippen LogP) is 4.75. The van der Waals surface area contributed by atoms with Gasteiger partial charge < -0.3 is 4.52 Å². The summed E-state index contributed by atoms with van der Waals surface area (Å²) in [6.07, 6.45) is 0. The second-order valence-electron chi connectivity index (χ2n) is 6.13. The number of para-hydroxylation sites is 1. The Hall–Kier alpha value is -2.99. The summed E-state index contributed by atoms with van der Waals surface area (Å²) < 4.78 is 6.25. The Morgan fingerprint density at radius 2 is 1.92 bits per heavy atom. The number of hydrogen-bond acceptors (Lipinski definition) is 5. The number of benzene rings is 2. The first-order valence-corrected chi connectivity index (χ1v) is 9.09. The van der Waals surface area contributed by atoms with Crippen LogP contribution in [0.15, 0.2) is 59.1 Å². The molecule has 0 aliphatic rings. The molecule has 0 bridgehead atoms. The van der Waals surface area contributed by atoms with E-state index in [4.69, 9.17) is 9.51 Å². The van der Waals surface area contributed by atoms with Crippen molar-refractivity contribution >= 4 is 32.6 Å². The minimum absolute atomic E-state index is 0.217. The van der Waals surface area contributed by atoms with Crippen LogP contribution in [-0.4, -0.2) is 16.0 Å². The maximum absolute atomic E-state index is 13.1. The maximum Gasteiger partial charge on any atom is 0.298 e. The van der Waals surface area contributed by atoms with Gasteiger partial charge in [0, 0.05) is 6.07 Å². The Morgan fingerprint density at radius 3 is 2.62 bits per heavy atom. The molecule has 0 saturated heterocycles. The minimum atomic E-state index is -0.244. The van der Waals surface area contributed by atoms with Crippen LogP contribution in [0.5, 0.6) is 0 Å². The van der Waals surface area contributed by atoms with Crippen LogP contribution >= 0.6 is 11.3 Å². The number of nitrogens with zero attached hydrogens (tertiary/aromatic N) is 3. The number of aromatic nitrogens is 2. The van der Waals surface area contributed by atoms with Crippen molar-refractivity contribution in [1.82, 2.24) is 10.1 Å². The molecule has 2 aromatic carbocycles. The Balaban J connectivity index is 1.78. The van der Waals surface area contributed by atoms with Gasteiger partial charge in [-0.15, -0.1) is 0 Å². The molecule has 0 aliphatic heterocycles. The summed E-state index contributed by atoms with van der Waals surface area (Å²) in [5.74, 6) is -0.0272. The molecule has 6 heteroatoms. The van der Waals surface area contributed by atoms with Gasteiger partial charge in [0.05, 0.1) is 22.5 Å². The van der Waals surface area contributed by atoms with Crippen LogP contribution in [0.2, 0.25) is 0 Å². The van der Waals surface area contributed by atoms with Crippen LogP contribution in [-0.2, 0) is 6.54 Å². The third-order valence-electron chi connectivity index (χ3n) is 4.11. The number of anilines is 1. The van der Waals surface area contributed by atoms with Crippen LogP contribution in [0.25, 0.3) is 10.2 Å². The lowest BCUT2D eigenvalue weighted by atomic mass is 10.2. The molecule has 4 aromatic rings. The van der Waals surface area contributed by atoms with Gasteiger partial charge in [0.2, 0.25) is 5.76 Å². The molecule has 4 rings (SSSR count). The number of hydrogen-bond donors (Lipinski definition) is 0. The van der Waals surface area contributed by atoms with Crippen LogP contribution in [0, 0.1) is 13.8 Å². The SMILES string of the molecule is Cc1cc(C(=O)N(Cc2ccccc2)c2nc3c(C)cccc3s2)on1. The molecule has 0 spiro atoms. The van der Waals surface area contributed by atoms with E-state index in [2.05, 4.69) is 5.16 Å². The average Bonchev–Trinajstić information content (AvgIpc) is 3.27. The predicted molar refractivity (Wildman–Crippen MR) is 103 cm³/mol. The van der Waals surface area contributed by atoms with Crippen LogP contribution < -0.4 is 4.90 Å². The summed E-state index contributed by atoms with van der Waals surface area (Å²) in [4.78, 5) is 19.5. The van der Waals surface area contributed by atoms with Crippen molar-refractivity contribution < 1.29 is 9.32 Å². The van der Waals surface area contributed by atoms with E-state index in [0.717, 1.165) is 21.3 Å². The molecule has 0 N–H and O–H groups in total. The second kappa shape index (κ2) is 6.72. The Bertz CT molecular complexity index is 1070. The van der Waals surface area contributed by atoms with Gasteiger partial charge in [-0.3, -0.25) is 9.69 Å². The second-order valence-corrected chi connectivity index (χ2v) is 7.14. The quantitative estimate of drug-likeness (QED) is 0.525. The molecule has 0 saturated carbocycles. The molecule has 1 amide bonds. The number of fused-ring (bicyclic) bond motifs is 1. The van der Waals surface area contributed by atoms with Gasteiger partial charge in [0.15, 0.2) is 5.13 Å². The number of thiazole rings is 1. The monoisotopic (exact) mass is 363 g/mol. The molecule has 0 atom stereocenters. The number of rotatable bonds is 4. The van der Waals surface area contributed by atoms with Gasteiger partial charge in [-0.05, 0) is 31.0 Å². The van der Waals surface area contributed by atoms with Crippen molar-refractivity contribution in [3.63, 3.8) is 0 Å². The topological polar surface area (TPSA) is 59.2 Å². The Kier molecular flexibility index (Phi) is 4.26. The van der Waals surface area contributed by atoms with Crippen molar-refractivity contribution in [2.24, 2.45) is 0 Å². The fraction of sp³-hybridized carbons (Fsp3) is 0.150. The molecule has 26 heavy (non-hydrogen) atoms. The van der Waals surface area contributed by atoms with Crippen molar-refractivity contribution in [3.05, 3.63) is 77.2 Å². The highest BCUT2D eigenvalue weighted by Gasteiger charge is 2.25. The van der Waals surface area contributed by atoms with Crippen molar-refractivity contribution in [3.8, 4) is 0 Å². The van der Waals surface area contributed by atoms with Gasteiger partial charge in [-0.25, -0.2) is 4.98 Å². The molecule has 2 heterocycles. The lowest BCUT2D eigenvalue weighted by Crippen LogP contribution is -2.30. The van der Waals surface area contributed by atoms with E-state index in [1.807, 2.05) is 55.5 Å². The Labute approximate surface area is 154 Å². The van der Waals surface area contributed by atoms with Crippen molar-refractivity contribution in [2.75, 3.05) is 4.90 Å². The van der Waals surface area contributed by atoms with E-state index in [1.165, 1.54) is 11.3 Å². The molecule has 0 unspecified atom stereocenters. The van der Waals surface area contributed by atoms with Gasteiger partial charge in [0.1, 0.15) is 0 Å². The maximum atomic E-state index is 13.1. The minimum Gasteiger partial charge on any atom is -0.351 e. The summed E-state index contributed by atoms with van der Waals surface area (Å²) in [5.41, 5.74) is 3.71. The fourth-order valence-corrected chi connectivity index (χ4v) is 3.82. The third-order valence-corrected chi connectivity index (χ3v) is 5.15. The summed E-state index contributed by atoms with van der Waals surface area (Å²) in [6.45, 7) is 4.23. The molecule has 0 radical (unpaired) electrons. The van der Waals surface area contributed by atoms with E-state index in [-0.39, 0.29) is 11.7 Å². The summed E-state index contributed by atoms with van der Waals surface area (Å²) in [5, 5.41) is 4.49. The molecule has 0 aliphatic carbocycles. The standard InChI is InChI=1S/C20H17N3O2S/c1-13-7-6-10-17-18(13)21-20(26-17)23(12-15-8-4-3-5-9-15)19(24)16-11-14(2)22-25-16/h3-11H,12H2,1-2H3. The van der Waals surface area contributed by atoms with E-state index < -0.39 is 0 Å². The van der Waals surface area contributed by atoms with Gasteiger partial charge in [-0.2, -0.15) is 0 Å². The molecule has 5 nitrogen and oxygen atoms in total. The first-order valence-electron chi connectivity index (χ1n) is 8.27. The fourth-order valence-electron chi connectivity index (χ4n) is 2.78. The summed E-state index contributed by atoms with van der Waals surface area (Å²) >= 11 is 1.50. The number of amides is 1. The molecule has 2 aromatic heterocycles. The molecular weight excluding hydrogens is 346 g/mol. The first-order chi connectivity index (χ1) is 12.6. The highest BCUT2D eigenvalue weighted by atomic mass is 32.1. The number of carbonyl (C=O) groups excluding carboxylic acids is 1. The van der Waals surface area contributed by atoms with Gasteiger partial charge in [-0.1, -0.05) is 59.0 Å². The zero-order valence-electron chi connectivity index (χ0n) is 14.5. The average molecular weight is 363 g/mol. The van der Waals surface area contributed by atoms with E-state index in [1.54, 1.807) is 17.9 Å².